The fourth-order valence-electron chi connectivity index (χ4n) is 1.24. The molecule has 2 N–H and O–H groups in total. The Hall–Kier alpha value is -1.72. The van der Waals surface area contributed by atoms with Crippen molar-refractivity contribution in [2.45, 2.75) is 26.7 Å². The standard InChI is InChI=1S/C12H22N4O2/c1-9(7-11(17)13-3)15-5-6-16-10(2)8-12(18)14-4/h5-8H2,1-4H3,(H,13,17)(H,14,18). The molecule has 2 amide bonds. The van der Waals surface area contributed by atoms with Gasteiger partial charge in [-0.25, -0.2) is 0 Å². The first-order valence-electron chi connectivity index (χ1n) is 5.90. The highest BCUT2D eigenvalue weighted by Gasteiger charge is 2.01. The van der Waals surface area contributed by atoms with Crippen molar-refractivity contribution in [2.75, 3.05) is 27.2 Å². The third-order valence-electron chi connectivity index (χ3n) is 2.25. The second kappa shape index (κ2) is 9.32. The van der Waals surface area contributed by atoms with Crippen molar-refractivity contribution in [1.29, 1.82) is 0 Å². The van der Waals surface area contributed by atoms with Gasteiger partial charge in [0.1, 0.15) is 0 Å². The van der Waals surface area contributed by atoms with Gasteiger partial charge in [0, 0.05) is 25.5 Å². The van der Waals surface area contributed by atoms with Gasteiger partial charge in [0.25, 0.3) is 0 Å². The fourth-order valence-corrected chi connectivity index (χ4v) is 1.24. The van der Waals surface area contributed by atoms with Crippen molar-refractivity contribution < 1.29 is 9.59 Å². The van der Waals surface area contributed by atoms with Crippen molar-refractivity contribution in [2.24, 2.45) is 9.98 Å². The van der Waals surface area contributed by atoms with Crippen LogP contribution in [0.3, 0.4) is 0 Å². The molecule has 0 rings (SSSR count). The summed E-state index contributed by atoms with van der Waals surface area (Å²) in [7, 11) is 3.20. The monoisotopic (exact) mass is 254 g/mol. The Bertz CT molecular complexity index is 314. The van der Waals surface area contributed by atoms with Crippen LogP contribution in [0.25, 0.3) is 0 Å². The van der Waals surface area contributed by atoms with E-state index in [4.69, 9.17) is 0 Å². The highest BCUT2D eigenvalue weighted by atomic mass is 16.2. The van der Waals surface area contributed by atoms with Gasteiger partial charge in [-0.05, 0) is 13.8 Å². The van der Waals surface area contributed by atoms with Gasteiger partial charge in [-0.15, -0.1) is 0 Å². The molecule has 0 fully saturated rings. The van der Waals surface area contributed by atoms with Crippen LogP contribution in [0.4, 0.5) is 0 Å². The molecule has 6 heteroatoms. The summed E-state index contributed by atoms with van der Waals surface area (Å²) in [5, 5.41) is 5.08. The zero-order chi connectivity index (χ0) is 14.0. The van der Waals surface area contributed by atoms with Crippen LogP contribution in [0.2, 0.25) is 0 Å². The van der Waals surface area contributed by atoms with Crippen LogP contribution in [-0.4, -0.2) is 50.4 Å². The number of amides is 2. The van der Waals surface area contributed by atoms with Crippen molar-refractivity contribution in [3.8, 4) is 0 Å². The van der Waals surface area contributed by atoms with E-state index in [1.165, 1.54) is 0 Å². The average molecular weight is 254 g/mol. The summed E-state index contributed by atoms with van der Waals surface area (Å²) in [6, 6.07) is 0. The number of rotatable bonds is 7. The van der Waals surface area contributed by atoms with E-state index in [2.05, 4.69) is 20.6 Å². The van der Waals surface area contributed by atoms with Gasteiger partial charge in [0.2, 0.25) is 11.8 Å². The van der Waals surface area contributed by atoms with E-state index < -0.39 is 0 Å². The molecule has 0 aromatic heterocycles. The SMILES string of the molecule is CNC(=O)CC(C)=NCCN=C(C)CC(=O)NC. The van der Waals surface area contributed by atoms with Crippen LogP contribution >= 0.6 is 0 Å². The van der Waals surface area contributed by atoms with E-state index >= 15 is 0 Å². The van der Waals surface area contributed by atoms with Crippen LogP contribution in [0.5, 0.6) is 0 Å². The third kappa shape index (κ3) is 8.43. The Kier molecular flexibility index (Phi) is 8.43. The van der Waals surface area contributed by atoms with Gasteiger partial charge in [-0.2, -0.15) is 0 Å². The zero-order valence-electron chi connectivity index (χ0n) is 11.5. The number of hydrogen-bond acceptors (Lipinski definition) is 4. The van der Waals surface area contributed by atoms with Crippen LogP contribution in [0.15, 0.2) is 9.98 Å². The van der Waals surface area contributed by atoms with Gasteiger partial charge in [-0.1, -0.05) is 0 Å². The molecule has 0 aliphatic heterocycles. The fraction of sp³-hybridized carbons (Fsp3) is 0.667. The number of hydrogen-bond donors (Lipinski definition) is 2. The lowest BCUT2D eigenvalue weighted by molar-refractivity contribution is -0.120. The molecule has 0 unspecified atom stereocenters. The third-order valence-corrected chi connectivity index (χ3v) is 2.25. The highest BCUT2D eigenvalue weighted by molar-refractivity contribution is 6.00. The number of carbonyl (C=O) groups is 2. The summed E-state index contributed by atoms with van der Waals surface area (Å²) in [4.78, 5) is 30.6. The number of nitrogens with zero attached hydrogens (tertiary/aromatic N) is 2. The lowest BCUT2D eigenvalue weighted by Gasteiger charge is -2.01. The van der Waals surface area contributed by atoms with E-state index in [9.17, 15) is 9.59 Å². The lowest BCUT2D eigenvalue weighted by Crippen LogP contribution is -2.20. The summed E-state index contributed by atoms with van der Waals surface area (Å²) in [5.74, 6) is -0.0916. The molecule has 6 nitrogen and oxygen atoms in total. The van der Waals surface area contributed by atoms with E-state index in [0.29, 0.717) is 25.9 Å². The number of carbonyl (C=O) groups excluding carboxylic acids is 2. The second-order valence-corrected chi connectivity index (χ2v) is 3.93. The molecule has 102 valence electrons. The van der Waals surface area contributed by atoms with E-state index in [0.717, 1.165) is 11.4 Å². The number of aliphatic imine (C=N–C) groups is 2. The first kappa shape index (κ1) is 16.3. The minimum atomic E-state index is -0.0458. The summed E-state index contributed by atoms with van der Waals surface area (Å²) in [6.45, 7) is 4.70. The molecule has 0 radical (unpaired) electrons. The Morgan fingerprint density at radius 2 is 1.17 bits per heavy atom. The Balaban J connectivity index is 3.96. The van der Waals surface area contributed by atoms with Crippen molar-refractivity contribution in [1.82, 2.24) is 10.6 Å². The minimum Gasteiger partial charge on any atom is -0.359 e. The molecule has 0 spiro atoms. The van der Waals surface area contributed by atoms with Gasteiger partial charge in [0.15, 0.2) is 0 Å². The van der Waals surface area contributed by atoms with E-state index in [1.54, 1.807) is 14.1 Å². The Labute approximate surface area is 108 Å². The predicted octanol–water partition coefficient (Wildman–Crippen LogP) is 0.180. The van der Waals surface area contributed by atoms with Crippen molar-refractivity contribution >= 4 is 23.2 Å². The van der Waals surface area contributed by atoms with Gasteiger partial charge in [-0.3, -0.25) is 19.6 Å². The molecule has 0 aliphatic carbocycles. The molecule has 0 aromatic carbocycles. The molecule has 0 aliphatic rings. The van der Waals surface area contributed by atoms with E-state index in [-0.39, 0.29) is 11.8 Å². The Morgan fingerprint density at radius 3 is 1.44 bits per heavy atom. The maximum absolute atomic E-state index is 11.1. The van der Waals surface area contributed by atoms with Gasteiger partial charge >= 0.3 is 0 Å². The van der Waals surface area contributed by atoms with Gasteiger partial charge in [0.05, 0.1) is 25.9 Å². The first-order valence-corrected chi connectivity index (χ1v) is 5.90. The zero-order valence-corrected chi connectivity index (χ0v) is 11.5. The molecule has 0 saturated carbocycles. The quantitative estimate of drug-likeness (QED) is 0.502. The van der Waals surface area contributed by atoms with Crippen LogP contribution in [-0.2, 0) is 9.59 Å². The first-order chi connectivity index (χ1) is 8.49. The summed E-state index contributed by atoms with van der Waals surface area (Å²) in [5.41, 5.74) is 1.57. The Morgan fingerprint density at radius 1 is 0.833 bits per heavy atom. The predicted molar refractivity (Wildman–Crippen MR) is 73.3 cm³/mol. The topological polar surface area (TPSA) is 82.9 Å². The molecular weight excluding hydrogens is 232 g/mol. The molecular formula is C12H22N4O2. The van der Waals surface area contributed by atoms with Crippen LogP contribution in [0.1, 0.15) is 26.7 Å². The lowest BCUT2D eigenvalue weighted by atomic mass is 10.3. The largest absolute Gasteiger partial charge is 0.359 e. The molecule has 0 aromatic rings. The molecule has 18 heavy (non-hydrogen) atoms. The molecule has 0 saturated heterocycles. The molecule has 0 bridgehead atoms. The average Bonchev–Trinajstić information content (AvgIpc) is 2.34. The second-order valence-electron chi connectivity index (χ2n) is 3.93. The summed E-state index contributed by atoms with van der Waals surface area (Å²) < 4.78 is 0. The summed E-state index contributed by atoms with van der Waals surface area (Å²) >= 11 is 0. The number of nitrogens with one attached hydrogen (secondary N) is 2. The van der Waals surface area contributed by atoms with Gasteiger partial charge < -0.3 is 10.6 Å². The maximum atomic E-state index is 11.1. The molecule has 0 heterocycles. The summed E-state index contributed by atoms with van der Waals surface area (Å²) in [6.07, 6.45) is 0.634. The minimum absolute atomic E-state index is 0.0458. The van der Waals surface area contributed by atoms with Crippen LogP contribution < -0.4 is 10.6 Å². The van der Waals surface area contributed by atoms with E-state index in [1.807, 2.05) is 13.8 Å². The van der Waals surface area contributed by atoms with Crippen LogP contribution in [0, 0.1) is 0 Å². The smallest absolute Gasteiger partial charge is 0.225 e. The van der Waals surface area contributed by atoms with Crippen molar-refractivity contribution in [3.05, 3.63) is 0 Å². The maximum Gasteiger partial charge on any atom is 0.225 e. The van der Waals surface area contributed by atoms with Crippen molar-refractivity contribution in [3.63, 3.8) is 0 Å². The normalized spacial score (nSPS) is 12.2. The highest BCUT2D eigenvalue weighted by Crippen LogP contribution is 1.90. The molecule has 0 atom stereocenters.